The second kappa shape index (κ2) is 8.90. The zero-order chi connectivity index (χ0) is 25.8. The number of carbonyl (C=O) groups excluding carboxylic acids is 1. The van der Waals surface area contributed by atoms with Crippen molar-refractivity contribution in [1.29, 1.82) is 5.41 Å². The van der Waals surface area contributed by atoms with Gasteiger partial charge in [0.1, 0.15) is 11.6 Å². The molecule has 0 amide bonds. The lowest BCUT2D eigenvalue weighted by molar-refractivity contribution is -0.190. The van der Waals surface area contributed by atoms with Crippen molar-refractivity contribution in [3.63, 3.8) is 0 Å². The average Bonchev–Trinajstić information content (AvgIpc) is 3.01. The Morgan fingerprint density at radius 2 is 1.83 bits per heavy atom. The van der Waals surface area contributed by atoms with Gasteiger partial charge in [-0.05, 0) is 111 Å². The summed E-state index contributed by atoms with van der Waals surface area (Å²) in [5, 5.41) is 18.6. The van der Waals surface area contributed by atoms with Gasteiger partial charge < -0.3 is 20.3 Å². The van der Waals surface area contributed by atoms with Crippen molar-refractivity contribution in [3.05, 3.63) is 42.0 Å². The standard InChI is InChI=1S/C30H42N2O4/c1-20-18-29-14-10-23-27(2,24(29)11-15-30(20,34)19-29)12-4-13-28(23,3)26(33)36-17-5-16-35-22-8-6-21(7-9-22)25(31)32/h6-9,23-24,34H,1,4-5,10-19H2,2-3H3,(H3,31,32)/t23-,24-,27+,28+,29+,30-/m0/s1. The van der Waals surface area contributed by atoms with Crippen molar-refractivity contribution >= 4 is 11.8 Å². The number of aliphatic hydroxyl groups is 1. The first kappa shape index (κ1) is 25.3. The van der Waals surface area contributed by atoms with Crippen LogP contribution >= 0.6 is 0 Å². The third kappa shape index (κ3) is 3.96. The maximum atomic E-state index is 13.5. The van der Waals surface area contributed by atoms with Crippen LogP contribution in [0.3, 0.4) is 0 Å². The third-order valence-electron chi connectivity index (χ3n) is 10.6. The number of nitrogens with two attached hydrogens (primary N) is 1. The molecule has 0 saturated heterocycles. The van der Waals surface area contributed by atoms with E-state index in [0.29, 0.717) is 42.8 Å². The topological polar surface area (TPSA) is 106 Å². The molecule has 5 rings (SSSR count). The fraction of sp³-hybridized carbons (Fsp3) is 0.667. The monoisotopic (exact) mass is 494 g/mol. The molecular weight excluding hydrogens is 452 g/mol. The number of hydrogen-bond acceptors (Lipinski definition) is 5. The molecule has 36 heavy (non-hydrogen) atoms. The van der Waals surface area contributed by atoms with Gasteiger partial charge in [0.2, 0.25) is 0 Å². The van der Waals surface area contributed by atoms with E-state index in [1.54, 1.807) is 24.3 Å². The Morgan fingerprint density at radius 1 is 1.11 bits per heavy atom. The molecule has 2 bridgehead atoms. The largest absolute Gasteiger partial charge is 0.493 e. The number of amidine groups is 1. The fourth-order valence-electron chi connectivity index (χ4n) is 8.90. The van der Waals surface area contributed by atoms with E-state index in [4.69, 9.17) is 20.6 Å². The van der Waals surface area contributed by atoms with E-state index in [9.17, 15) is 9.90 Å². The number of ether oxygens (including phenoxy) is 2. The lowest BCUT2D eigenvalue weighted by Gasteiger charge is -2.63. The highest BCUT2D eigenvalue weighted by Gasteiger charge is 2.67. The van der Waals surface area contributed by atoms with Crippen molar-refractivity contribution in [1.82, 2.24) is 0 Å². The van der Waals surface area contributed by atoms with Gasteiger partial charge in [-0.3, -0.25) is 10.2 Å². The van der Waals surface area contributed by atoms with Crippen LogP contribution in [0.25, 0.3) is 0 Å². The Hall–Kier alpha value is -2.34. The molecule has 4 aliphatic rings. The number of carbonyl (C=O) groups is 1. The van der Waals surface area contributed by atoms with Gasteiger partial charge in [0.25, 0.3) is 0 Å². The number of hydrogen-bond donors (Lipinski definition) is 3. The van der Waals surface area contributed by atoms with Crippen molar-refractivity contribution < 1.29 is 19.4 Å². The number of rotatable bonds is 7. The summed E-state index contributed by atoms with van der Waals surface area (Å²) >= 11 is 0. The Kier molecular flexibility index (Phi) is 6.26. The number of nitrogen functional groups attached to an aromatic ring is 1. The number of benzene rings is 1. The average molecular weight is 495 g/mol. The van der Waals surface area contributed by atoms with Gasteiger partial charge in [0, 0.05) is 12.0 Å². The second-order valence-electron chi connectivity index (χ2n) is 12.6. The van der Waals surface area contributed by atoms with Gasteiger partial charge in [0.15, 0.2) is 0 Å². The minimum Gasteiger partial charge on any atom is -0.493 e. The van der Waals surface area contributed by atoms with Crippen LogP contribution in [0.2, 0.25) is 0 Å². The quantitative estimate of drug-likeness (QED) is 0.155. The van der Waals surface area contributed by atoms with Gasteiger partial charge in [-0.2, -0.15) is 0 Å². The summed E-state index contributed by atoms with van der Waals surface area (Å²) < 4.78 is 11.6. The summed E-state index contributed by atoms with van der Waals surface area (Å²) in [5.74, 6) is 1.55. The molecule has 1 aromatic rings. The van der Waals surface area contributed by atoms with Gasteiger partial charge in [-0.1, -0.05) is 19.9 Å². The molecule has 4 aliphatic carbocycles. The van der Waals surface area contributed by atoms with E-state index < -0.39 is 11.0 Å². The summed E-state index contributed by atoms with van der Waals surface area (Å²) in [5.41, 5.74) is 6.35. The van der Waals surface area contributed by atoms with E-state index >= 15 is 0 Å². The predicted molar refractivity (Wildman–Crippen MR) is 140 cm³/mol. The molecule has 6 nitrogen and oxygen atoms in total. The van der Waals surface area contributed by atoms with Gasteiger partial charge in [-0.25, -0.2) is 0 Å². The van der Waals surface area contributed by atoms with Crippen molar-refractivity contribution in [3.8, 4) is 5.75 Å². The van der Waals surface area contributed by atoms with Crippen LogP contribution in [0.15, 0.2) is 36.4 Å². The maximum Gasteiger partial charge on any atom is 0.312 e. The Labute approximate surface area is 215 Å². The molecule has 1 aromatic carbocycles. The molecule has 6 atom stereocenters. The molecule has 0 aliphatic heterocycles. The van der Waals surface area contributed by atoms with Crippen LogP contribution in [-0.2, 0) is 9.53 Å². The molecule has 0 heterocycles. The third-order valence-corrected chi connectivity index (χ3v) is 10.6. The molecule has 1 spiro atoms. The van der Waals surface area contributed by atoms with Gasteiger partial charge in [0.05, 0.1) is 24.2 Å². The lowest BCUT2D eigenvalue weighted by Crippen LogP contribution is -2.59. The molecule has 0 unspecified atom stereocenters. The van der Waals surface area contributed by atoms with Crippen molar-refractivity contribution in [2.75, 3.05) is 13.2 Å². The molecule has 4 fully saturated rings. The molecule has 4 N–H and O–H groups in total. The number of esters is 1. The Morgan fingerprint density at radius 3 is 2.56 bits per heavy atom. The van der Waals surface area contributed by atoms with E-state index in [1.807, 2.05) is 0 Å². The number of fused-ring (bicyclic) bond motifs is 3. The first-order chi connectivity index (χ1) is 17.0. The first-order valence-electron chi connectivity index (χ1n) is 13.7. The highest BCUT2D eigenvalue weighted by atomic mass is 16.5. The Balaban J connectivity index is 1.19. The molecular formula is C30H42N2O4. The molecule has 6 heteroatoms. The van der Waals surface area contributed by atoms with Crippen molar-refractivity contribution in [2.45, 2.75) is 83.7 Å². The van der Waals surface area contributed by atoms with Crippen molar-refractivity contribution in [2.24, 2.45) is 33.8 Å². The van der Waals surface area contributed by atoms with E-state index in [-0.39, 0.29) is 22.6 Å². The van der Waals surface area contributed by atoms with Gasteiger partial charge in [-0.15, -0.1) is 0 Å². The van der Waals surface area contributed by atoms with Gasteiger partial charge >= 0.3 is 5.97 Å². The highest BCUT2D eigenvalue weighted by molar-refractivity contribution is 5.94. The predicted octanol–water partition coefficient (Wildman–Crippen LogP) is 5.37. The second-order valence-corrected chi connectivity index (χ2v) is 12.6. The normalized spacial score (nSPS) is 39.1. The van der Waals surface area contributed by atoms with E-state index in [1.165, 1.54) is 0 Å². The van der Waals surface area contributed by atoms with Crippen LogP contribution in [0.5, 0.6) is 5.75 Å². The zero-order valence-corrected chi connectivity index (χ0v) is 21.9. The highest BCUT2D eigenvalue weighted by Crippen LogP contribution is 2.72. The Bertz CT molecular complexity index is 1050. The molecule has 4 saturated carbocycles. The van der Waals surface area contributed by atoms with E-state index in [2.05, 4.69) is 20.4 Å². The lowest BCUT2D eigenvalue weighted by atomic mass is 9.41. The molecule has 196 valence electrons. The number of nitrogens with one attached hydrogen (secondary N) is 1. The summed E-state index contributed by atoms with van der Waals surface area (Å²) in [7, 11) is 0. The SMILES string of the molecule is C=C1C[C@@]23CC[C@H]4[C@@](C)(CCC[C@@]4(C)C(=O)OCCCOc4ccc(C(=N)N)cc4)[C@@H]2CC[C@]1(O)C3. The summed E-state index contributed by atoms with van der Waals surface area (Å²) in [4.78, 5) is 13.5. The summed E-state index contributed by atoms with van der Waals surface area (Å²) in [6.45, 7) is 9.66. The van der Waals surface area contributed by atoms with E-state index in [0.717, 1.165) is 63.4 Å². The zero-order valence-electron chi connectivity index (χ0n) is 21.9. The smallest absolute Gasteiger partial charge is 0.312 e. The molecule has 0 aromatic heterocycles. The molecule has 0 radical (unpaired) electrons. The van der Waals surface area contributed by atoms with Crippen LogP contribution < -0.4 is 10.5 Å². The van der Waals surface area contributed by atoms with Crippen LogP contribution in [-0.4, -0.2) is 35.7 Å². The first-order valence-corrected chi connectivity index (χ1v) is 13.7. The maximum absolute atomic E-state index is 13.5. The van der Waals surface area contributed by atoms with Crippen LogP contribution in [0, 0.1) is 33.5 Å². The van der Waals surface area contributed by atoms with Crippen LogP contribution in [0.4, 0.5) is 0 Å². The minimum absolute atomic E-state index is 0.0348. The minimum atomic E-state index is -0.659. The summed E-state index contributed by atoms with van der Waals surface area (Å²) in [6, 6.07) is 7.13. The van der Waals surface area contributed by atoms with Crippen LogP contribution in [0.1, 0.15) is 83.6 Å². The summed E-state index contributed by atoms with van der Waals surface area (Å²) in [6.07, 6.45) is 9.52. The fourth-order valence-corrected chi connectivity index (χ4v) is 8.90.